The maximum atomic E-state index is 11.5. The number of aromatic nitrogens is 2. The van der Waals surface area contributed by atoms with Crippen LogP contribution in [0.2, 0.25) is 0 Å². The molecule has 0 aromatic carbocycles. The van der Waals surface area contributed by atoms with Gasteiger partial charge in [0.2, 0.25) is 5.91 Å². The third-order valence-corrected chi connectivity index (χ3v) is 2.65. The molecule has 1 aliphatic heterocycles. The number of methoxy groups -OCH3 is 1. The zero-order chi connectivity index (χ0) is 13.0. The Labute approximate surface area is 104 Å². The number of nitrogens with zero attached hydrogens (tertiary/aromatic N) is 2. The van der Waals surface area contributed by atoms with Crippen LogP contribution in [0.5, 0.6) is 0 Å². The summed E-state index contributed by atoms with van der Waals surface area (Å²) in [5.41, 5.74) is 0.135. The fourth-order valence-corrected chi connectivity index (χ4v) is 1.70. The highest BCUT2D eigenvalue weighted by molar-refractivity contribution is 5.87. The fraction of sp³-hybridized carbons (Fsp3) is 0.455. The molecule has 96 valence electrons. The number of carbonyl (C=O) groups is 2. The van der Waals surface area contributed by atoms with Gasteiger partial charge in [0.25, 0.3) is 0 Å². The predicted molar refractivity (Wildman–Crippen MR) is 63.0 cm³/mol. The van der Waals surface area contributed by atoms with Crippen molar-refractivity contribution in [2.75, 3.05) is 19.0 Å². The topological polar surface area (TPSA) is 93.2 Å². The zero-order valence-electron chi connectivity index (χ0n) is 9.97. The Morgan fingerprint density at radius 1 is 1.50 bits per heavy atom. The molecule has 1 saturated heterocycles. The lowest BCUT2D eigenvalue weighted by Gasteiger charge is -2.22. The minimum absolute atomic E-state index is 0.0416. The number of hydrogen-bond donors (Lipinski definition) is 2. The van der Waals surface area contributed by atoms with Crippen molar-refractivity contribution in [3.63, 3.8) is 0 Å². The average molecular weight is 250 g/mol. The number of ether oxygens (including phenoxy) is 1. The van der Waals surface area contributed by atoms with Crippen LogP contribution < -0.4 is 10.6 Å². The molecule has 2 rings (SSSR count). The van der Waals surface area contributed by atoms with E-state index in [1.165, 1.54) is 19.5 Å². The number of anilines is 1. The van der Waals surface area contributed by atoms with Gasteiger partial charge in [-0.2, -0.15) is 0 Å². The summed E-state index contributed by atoms with van der Waals surface area (Å²) in [6, 6.07) is -0.294. The highest BCUT2D eigenvalue weighted by atomic mass is 16.5. The molecule has 7 nitrogen and oxygen atoms in total. The van der Waals surface area contributed by atoms with Crippen LogP contribution in [0.15, 0.2) is 12.4 Å². The third-order valence-electron chi connectivity index (χ3n) is 2.65. The van der Waals surface area contributed by atoms with Crippen LogP contribution in [0, 0.1) is 0 Å². The van der Waals surface area contributed by atoms with Crippen molar-refractivity contribution >= 4 is 17.7 Å². The van der Waals surface area contributed by atoms with Crippen LogP contribution in [-0.2, 0) is 9.53 Å². The maximum Gasteiger partial charge on any atom is 0.358 e. The molecule has 18 heavy (non-hydrogen) atoms. The second kappa shape index (κ2) is 5.44. The quantitative estimate of drug-likeness (QED) is 0.731. The SMILES string of the molecule is COC(=O)c1cnc(NC2CCCNC2=O)cn1. The molecule has 1 aromatic heterocycles. The van der Waals surface area contributed by atoms with Gasteiger partial charge >= 0.3 is 5.97 Å². The molecule has 0 bridgehead atoms. The predicted octanol–water partition coefficient (Wildman–Crippen LogP) is -0.0463. The van der Waals surface area contributed by atoms with E-state index in [2.05, 4.69) is 25.3 Å². The van der Waals surface area contributed by atoms with Gasteiger partial charge in [0.15, 0.2) is 5.69 Å². The van der Waals surface area contributed by atoms with Gasteiger partial charge in [-0.05, 0) is 12.8 Å². The smallest absolute Gasteiger partial charge is 0.358 e. The molecule has 7 heteroatoms. The van der Waals surface area contributed by atoms with E-state index < -0.39 is 5.97 Å². The normalized spacial score (nSPS) is 18.9. The monoisotopic (exact) mass is 250 g/mol. The number of carbonyl (C=O) groups excluding carboxylic acids is 2. The number of nitrogens with one attached hydrogen (secondary N) is 2. The van der Waals surface area contributed by atoms with Crippen molar-refractivity contribution < 1.29 is 14.3 Å². The van der Waals surface area contributed by atoms with Crippen molar-refractivity contribution in [2.24, 2.45) is 0 Å². The highest BCUT2D eigenvalue weighted by Crippen LogP contribution is 2.10. The zero-order valence-corrected chi connectivity index (χ0v) is 9.97. The minimum atomic E-state index is -0.538. The molecule has 1 amide bonds. The summed E-state index contributed by atoms with van der Waals surface area (Å²) in [5, 5.41) is 5.74. The van der Waals surface area contributed by atoms with Gasteiger partial charge in [0, 0.05) is 6.54 Å². The van der Waals surface area contributed by atoms with Crippen LogP contribution in [0.1, 0.15) is 23.3 Å². The molecule has 1 atom stereocenters. The van der Waals surface area contributed by atoms with E-state index in [4.69, 9.17) is 0 Å². The maximum absolute atomic E-state index is 11.5. The first kappa shape index (κ1) is 12.3. The second-order valence-electron chi connectivity index (χ2n) is 3.91. The van der Waals surface area contributed by atoms with Gasteiger partial charge in [0.05, 0.1) is 19.5 Å². The van der Waals surface area contributed by atoms with Gasteiger partial charge < -0.3 is 15.4 Å². The number of rotatable bonds is 3. The van der Waals surface area contributed by atoms with Crippen molar-refractivity contribution in [3.05, 3.63) is 18.1 Å². The Hall–Kier alpha value is -2.18. The molecular weight excluding hydrogens is 236 g/mol. The molecule has 0 saturated carbocycles. The lowest BCUT2D eigenvalue weighted by molar-refractivity contribution is -0.123. The highest BCUT2D eigenvalue weighted by Gasteiger charge is 2.22. The van der Waals surface area contributed by atoms with Gasteiger partial charge in [-0.15, -0.1) is 0 Å². The number of esters is 1. The van der Waals surface area contributed by atoms with Crippen molar-refractivity contribution in [1.82, 2.24) is 15.3 Å². The van der Waals surface area contributed by atoms with Gasteiger partial charge in [-0.3, -0.25) is 4.79 Å². The Bertz CT molecular complexity index is 446. The van der Waals surface area contributed by atoms with Gasteiger partial charge in [-0.25, -0.2) is 14.8 Å². The van der Waals surface area contributed by atoms with E-state index in [1.807, 2.05) is 0 Å². The van der Waals surface area contributed by atoms with Crippen molar-refractivity contribution in [3.8, 4) is 0 Å². The number of piperidine rings is 1. The first-order valence-electron chi connectivity index (χ1n) is 5.65. The summed E-state index contributed by atoms with van der Waals surface area (Å²) < 4.78 is 4.52. The summed E-state index contributed by atoms with van der Waals surface area (Å²) in [7, 11) is 1.28. The molecule has 0 radical (unpaired) electrons. The fourth-order valence-electron chi connectivity index (χ4n) is 1.70. The Kier molecular flexibility index (Phi) is 3.71. The van der Waals surface area contributed by atoms with Crippen LogP contribution in [0.3, 0.4) is 0 Å². The Balaban J connectivity index is 2.01. The van der Waals surface area contributed by atoms with Gasteiger partial charge in [-0.1, -0.05) is 0 Å². The lowest BCUT2D eigenvalue weighted by Crippen LogP contribution is -2.44. The summed E-state index contributed by atoms with van der Waals surface area (Å²) in [6.07, 6.45) is 4.41. The van der Waals surface area contributed by atoms with E-state index in [9.17, 15) is 9.59 Å². The van der Waals surface area contributed by atoms with E-state index in [-0.39, 0.29) is 17.6 Å². The first-order chi connectivity index (χ1) is 8.70. The van der Waals surface area contributed by atoms with Crippen LogP contribution in [0.4, 0.5) is 5.82 Å². The lowest BCUT2D eigenvalue weighted by atomic mass is 10.1. The molecule has 2 heterocycles. The molecular formula is C11H14N4O3. The Morgan fingerprint density at radius 3 is 2.94 bits per heavy atom. The number of hydrogen-bond acceptors (Lipinski definition) is 6. The Morgan fingerprint density at radius 2 is 2.33 bits per heavy atom. The second-order valence-corrected chi connectivity index (χ2v) is 3.91. The summed E-state index contributed by atoms with van der Waals surface area (Å²) in [4.78, 5) is 30.6. The van der Waals surface area contributed by atoms with E-state index in [0.717, 1.165) is 12.8 Å². The van der Waals surface area contributed by atoms with Crippen LogP contribution >= 0.6 is 0 Å². The average Bonchev–Trinajstić information content (AvgIpc) is 2.41. The van der Waals surface area contributed by atoms with E-state index in [1.54, 1.807) is 0 Å². The van der Waals surface area contributed by atoms with E-state index >= 15 is 0 Å². The molecule has 1 unspecified atom stereocenters. The van der Waals surface area contributed by atoms with Gasteiger partial charge in [0.1, 0.15) is 11.9 Å². The molecule has 0 aliphatic carbocycles. The molecule has 2 N–H and O–H groups in total. The van der Waals surface area contributed by atoms with E-state index in [0.29, 0.717) is 12.4 Å². The standard InChI is InChI=1S/C11H14N4O3/c1-18-11(17)8-5-14-9(6-13-8)15-7-3-2-4-12-10(7)16/h5-7H,2-4H2,1H3,(H,12,16)(H,14,15). The molecule has 0 spiro atoms. The largest absolute Gasteiger partial charge is 0.464 e. The van der Waals surface area contributed by atoms with Crippen molar-refractivity contribution in [1.29, 1.82) is 0 Å². The molecule has 1 aromatic rings. The van der Waals surface area contributed by atoms with Crippen molar-refractivity contribution in [2.45, 2.75) is 18.9 Å². The van der Waals surface area contributed by atoms with Crippen LogP contribution in [0.25, 0.3) is 0 Å². The summed E-state index contributed by atoms with van der Waals surface area (Å²) >= 11 is 0. The third kappa shape index (κ3) is 2.73. The molecule has 1 fully saturated rings. The molecule has 1 aliphatic rings. The summed E-state index contributed by atoms with van der Waals surface area (Å²) in [5.74, 6) is -0.116. The summed E-state index contributed by atoms with van der Waals surface area (Å²) in [6.45, 7) is 0.712. The number of amides is 1. The minimum Gasteiger partial charge on any atom is -0.464 e. The first-order valence-corrected chi connectivity index (χ1v) is 5.65. The van der Waals surface area contributed by atoms with Crippen LogP contribution in [-0.4, -0.2) is 41.5 Å².